The summed E-state index contributed by atoms with van der Waals surface area (Å²) in [6.07, 6.45) is 0. The molecule has 0 aliphatic carbocycles. The third-order valence-corrected chi connectivity index (χ3v) is 4.78. The van der Waals surface area contributed by atoms with Gasteiger partial charge in [0, 0.05) is 12.5 Å². The van der Waals surface area contributed by atoms with E-state index in [1.54, 1.807) is 11.9 Å². The van der Waals surface area contributed by atoms with Gasteiger partial charge in [0.15, 0.2) is 0 Å². The molecule has 2 heterocycles. The van der Waals surface area contributed by atoms with E-state index in [4.69, 9.17) is 9.84 Å². The first-order valence-electron chi connectivity index (χ1n) is 8.23. The van der Waals surface area contributed by atoms with Crippen molar-refractivity contribution < 1.29 is 9.53 Å². The van der Waals surface area contributed by atoms with Gasteiger partial charge in [-0.15, -0.1) is 0 Å². The van der Waals surface area contributed by atoms with E-state index in [0.717, 1.165) is 28.2 Å². The highest BCUT2D eigenvalue weighted by Gasteiger charge is 2.44. The van der Waals surface area contributed by atoms with Crippen LogP contribution in [0.2, 0.25) is 0 Å². The van der Waals surface area contributed by atoms with E-state index in [-0.39, 0.29) is 17.9 Å². The van der Waals surface area contributed by atoms with Gasteiger partial charge in [0.05, 0.1) is 24.3 Å². The first-order valence-corrected chi connectivity index (χ1v) is 8.23. The fourth-order valence-corrected chi connectivity index (χ4v) is 3.55. The summed E-state index contributed by atoms with van der Waals surface area (Å²) in [4.78, 5) is 12.2. The summed E-state index contributed by atoms with van der Waals surface area (Å²) in [5.41, 5.74) is 5.43. The molecule has 122 valence electrons. The molecule has 1 amide bonds. The van der Waals surface area contributed by atoms with Crippen LogP contribution in [0.1, 0.15) is 35.2 Å². The Morgan fingerprint density at radius 1 is 1.12 bits per heavy atom. The summed E-state index contributed by atoms with van der Waals surface area (Å²) >= 11 is 0. The summed E-state index contributed by atoms with van der Waals surface area (Å²) in [6, 6.07) is 14.3. The van der Waals surface area contributed by atoms with Crippen molar-refractivity contribution in [3.8, 4) is 5.75 Å². The summed E-state index contributed by atoms with van der Waals surface area (Å²) in [5, 5.41) is 6.31. The lowest BCUT2D eigenvalue weighted by molar-refractivity contribution is -0.131. The second-order valence-electron chi connectivity index (χ2n) is 6.62. The van der Waals surface area contributed by atoms with Crippen LogP contribution >= 0.6 is 0 Å². The highest BCUT2D eigenvalue weighted by Crippen LogP contribution is 2.42. The van der Waals surface area contributed by atoms with Crippen LogP contribution in [-0.2, 0) is 4.79 Å². The maximum atomic E-state index is 12.2. The fraction of sp³-hybridized carbons (Fsp3) is 0.300. The topological polar surface area (TPSA) is 41.9 Å². The Kier molecular flexibility index (Phi) is 3.41. The molecule has 2 aromatic rings. The van der Waals surface area contributed by atoms with Gasteiger partial charge in [-0.05, 0) is 31.5 Å². The lowest BCUT2D eigenvalue weighted by Gasteiger charge is -2.29. The van der Waals surface area contributed by atoms with Gasteiger partial charge in [0.1, 0.15) is 5.75 Å². The number of hydrogen-bond donors (Lipinski definition) is 0. The molecule has 2 aliphatic rings. The van der Waals surface area contributed by atoms with E-state index >= 15 is 0 Å². The molecule has 0 aromatic heterocycles. The number of rotatable bonds is 1. The first-order chi connectivity index (χ1) is 11.5. The molecule has 0 unspecified atom stereocenters. The van der Waals surface area contributed by atoms with Gasteiger partial charge in [0.2, 0.25) is 5.91 Å². The quantitative estimate of drug-likeness (QED) is 0.805. The standard InChI is InChI=1S/C20H20N2O2/c1-12-4-7-15(8-5-12)20-17-11-24-18-9-6-13(2)10-16(18)19(17)21-22(20)14(3)23/h4-10,17,20H,11H2,1-3H3/t17-,20-/m1/s1. The van der Waals surface area contributed by atoms with Crippen LogP contribution in [0.3, 0.4) is 0 Å². The van der Waals surface area contributed by atoms with E-state index < -0.39 is 0 Å². The Balaban J connectivity index is 1.81. The zero-order valence-electron chi connectivity index (χ0n) is 14.1. The van der Waals surface area contributed by atoms with Gasteiger partial charge in [0.25, 0.3) is 0 Å². The normalized spacial score (nSPS) is 21.6. The van der Waals surface area contributed by atoms with E-state index in [1.165, 1.54) is 5.56 Å². The molecule has 0 fully saturated rings. The predicted octanol–water partition coefficient (Wildman–Crippen LogP) is 3.62. The number of hydrogen-bond acceptors (Lipinski definition) is 3. The van der Waals surface area contributed by atoms with Crippen LogP contribution in [0.4, 0.5) is 0 Å². The van der Waals surface area contributed by atoms with Crippen molar-refractivity contribution in [3.63, 3.8) is 0 Å². The average molecular weight is 320 g/mol. The fourth-order valence-electron chi connectivity index (χ4n) is 3.55. The molecule has 0 bridgehead atoms. The smallest absolute Gasteiger partial charge is 0.240 e. The highest BCUT2D eigenvalue weighted by atomic mass is 16.5. The number of ether oxygens (including phenoxy) is 1. The molecular weight excluding hydrogens is 300 g/mol. The summed E-state index contributed by atoms with van der Waals surface area (Å²) in [5.74, 6) is 0.867. The predicted molar refractivity (Wildman–Crippen MR) is 93.1 cm³/mol. The maximum Gasteiger partial charge on any atom is 0.240 e. The van der Waals surface area contributed by atoms with Crippen LogP contribution < -0.4 is 4.74 Å². The van der Waals surface area contributed by atoms with E-state index in [2.05, 4.69) is 44.2 Å². The average Bonchev–Trinajstić information content (AvgIpc) is 2.96. The molecule has 4 heteroatoms. The SMILES string of the molecule is CC(=O)N1N=C2c3cc(C)ccc3OC[C@H]2[C@H]1c1ccc(C)cc1. The Bertz CT molecular complexity index is 839. The minimum Gasteiger partial charge on any atom is -0.492 e. The first kappa shape index (κ1) is 14.9. The largest absolute Gasteiger partial charge is 0.492 e. The van der Waals surface area contributed by atoms with Gasteiger partial charge >= 0.3 is 0 Å². The third-order valence-electron chi connectivity index (χ3n) is 4.78. The lowest BCUT2D eigenvalue weighted by Crippen LogP contribution is -2.34. The lowest BCUT2D eigenvalue weighted by atomic mass is 9.85. The highest BCUT2D eigenvalue weighted by molar-refractivity contribution is 6.07. The van der Waals surface area contributed by atoms with Gasteiger partial charge in [-0.1, -0.05) is 41.5 Å². The number of carbonyl (C=O) groups excluding carboxylic acids is 1. The molecule has 0 N–H and O–H groups in total. The van der Waals surface area contributed by atoms with E-state index in [1.807, 2.05) is 12.1 Å². The molecule has 24 heavy (non-hydrogen) atoms. The van der Waals surface area contributed by atoms with Crippen molar-refractivity contribution in [1.29, 1.82) is 0 Å². The zero-order valence-corrected chi connectivity index (χ0v) is 14.1. The molecule has 0 saturated carbocycles. The van der Waals surface area contributed by atoms with Crippen molar-refractivity contribution >= 4 is 11.6 Å². The van der Waals surface area contributed by atoms with E-state index in [9.17, 15) is 4.79 Å². The second-order valence-corrected chi connectivity index (χ2v) is 6.62. The van der Waals surface area contributed by atoms with Crippen molar-refractivity contribution in [2.45, 2.75) is 26.8 Å². The molecule has 4 rings (SSSR count). The molecule has 2 aliphatic heterocycles. The number of aryl methyl sites for hydroxylation is 2. The molecule has 2 aromatic carbocycles. The van der Waals surface area contributed by atoms with Crippen molar-refractivity contribution in [2.75, 3.05) is 6.61 Å². The minimum atomic E-state index is -0.105. The minimum absolute atomic E-state index is 0.0447. The summed E-state index contributed by atoms with van der Waals surface area (Å²) < 4.78 is 5.98. The Morgan fingerprint density at radius 3 is 2.54 bits per heavy atom. The number of hydrazone groups is 1. The number of carbonyl (C=O) groups is 1. The van der Waals surface area contributed by atoms with E-state index in [0.29, 0.717) is 6.61 Å². The van der Waals surface area contributed by atoms with Gasteiger partial charge in [-0.3, -0.25) is 4.79 Å². The Morgan fingerprint density at radius 2 is 1.83 bits per heavy atom. The van der Waals surface area contributed by atoms with Crippen LogP contribution in [0.5, 0.6) is 5.75 Å². The molecule has 0 saturated heterocycles. The zero-order chi connectivity index (χ0) is 16.8. The van der Waals surface area contributed by atoms with Crippen molar-refractivity contribution in [1.82, 2.24) is 5.01 Å². The maximum absolute atomic E-state index is 12.2. The van der Waals surface area contributed by atoms with Crippen molar-refractivity contribution in [3.05, 3.63) is 64.7 Å². The monoisotopic (exact) mass is 320 g/mol. The van der Waals surface area contributed by atoms with Crippen LogP contribution in [-0.4, -0.2) is 23.2 Å². The Hall–Kier alpha value is -2.62. The molecule has 4 nitrogen and oxygen atoms in total. The molecular formula is C20H20N2O2. The summed E-state index contributed by atoms with van der Waals surface area (Å²) in [6.45, 7) is 6.23. The second kappa shape index (κ2) is 5.48. The molecule has 0 spiro atoms. The van der Waals surface area contributed by atoms with Gasteiger partial charge in [-0.25, -0.2) is 5.01 Å². The molecule has 0 radical (unpaired) electrons. The molecule has 2 atom stereocenters. The number of fused-ring (bicyclic) bond motifs is 3. The number of nitrogens with zero attached hydrogens (tertiary/aromatic N) is 2. The van der Waals surface area contributed by atoms with Gasteiger partial charge in [-0.2, -0.15) is 5.10 Å². The van der Waals surface area contributed by atoms with Gasteiger partial charge < -0.3 is 4.74 Å². The number of amides is 1. The van der Waals surface area contributed by atoms with Crippen LogP contribution in [0.15, 0.2) is 47.6 Å². The van der Waals surface area contributed by atoms with Crippen LogP contribution in [0.25, 0.3) is 0 Å². The Labute approximate surface area is 141 Å². The third kappa shape index (κ3) is 2.30. The number of benzene rings is 2. The summed E-state index contributed by atoms with van der Waals surface area (Å²) in [7, 11) is 0. The van der Waals surface area contributed by atoms with Crippen LogP contribution in [0, 0.1) is 19.8 Å². The van der Waals surface area contributed by atoms with Crippen molar-refractivity contribution in [2.24, 2.45) is 11.0 Å².